The lowest BCUT2D eigenvalue weighted by Crippen LogP contribution is -2.39. The normalized spacial score (nSPS) is 15.4. The Bertz CT molecular complexity index is 1510. The maximum absolute atomic E-state index is 12.2. The van der Waals surface area contributed by atoms with E-state index in [9.17, 15) is 9.59 Å². The van der Waals surface area contributed by atoms with E-state index in [1.165, 1.54) is 17.2 Å². The molecule has 11 nitrogen and oxygen atoms in total. The number of amides is 2. The summed E-state index contributed by atoms with van der Waals surface area (Å²) in [4.78, 5) is 35.1. The molecular formula is C28H27N7O4S. The molecule has 2 aliphatic rings. The summed E-state index contributed by atoms with van der Waals surface area (Å²) in [6, 6.07) is 16.2. The zero-order valence-corrected chi connectivity index (χ0v) is 22.6. The molecule has 2 aromatic carbocycles. The van der Waals surface area contributed by atoms with Gasteiger partial charge in [0.2, 0.25) is 0 Å². The third-order valence-electron chi connectivity index (χ3n) is 6.00. The van der Waals surface area contributed by atoms with Crippen LogP contribution in [0.2, 0.25) is 0 Å². The molecule has 0 radical (unpaired) electrons. The van der Waals surface area contributed by atoms with Crippen molar-refractivity contribution in [3.05, 3.63) is 89.9 Å². The van der Waals surface area contributed by atoms with Crippen molar-refractivity contribution in [1.82, 2.24) is 15.6 Å². The maximum atomic E-state index is 12.2. The van der Waals surface area contributed by atoms with Gasteiger partial charge in [-0.25, -0.2) is 4.99 Å². The first-order valence-corrected chi connectivity index (χ1v) is 13.5. The lowest BCUT2D eigenvalue weighted by Gasteiger charge is -2.26. The number of aromatic nitrogens is 1. The summed E-state index contributed by atoms with van der Waals surface area (Å²) in [6.07, 6.45) is 6.11. The van der Waals surface area contributed by atoms with Crippen molar-refractivity contribution in [2.75, 3.05) is 35.6 Å². The third kappa shape index (κ3) is 5.71. The highest BCUT2D eigenvalue weighted by atomic mass is 32.2. The van der Waals surface area contributed by atoms with Crippen molar-refractivity contribution in [3.8, 4) is 17.2 Å². The standard InChI is InChI=1S/C28H27N7O4S/c1-4-24(36)35-16-38-25-20(6-5-7-22(25)35)33-26-23(40-3)15-31-28(34-26)32-17-8-10-18(11-9-17)39-19-12-13-30-21(14-19)27(37)29-2/h4-15,28,32-34H,1,16H2,2-3H3,(H,29,37). The second kappa shape index (κ2) is 11.8. The van der Waals surface area contributed by atoms with Gasteiger partial charge in [-0.3, -0.25) is 19.5 Å². The van der Waals surface area contributed by atoms with Crippen LogP contribution in [0.25, 0.3) is 0 Å². The van der Waals surface area contributed by atoms with Gasteiger partial charge in [0.1, 0.15) is 23.0 Å². The molecule has 0 saturated carbocycles. The van der Waals surface area contributed by atoms with Crippen LogP contribution in [0.1, 0.15) is 10.5 Å². The number of fused-ring (bicyclic) bond motifs is 1. The summed E-state index contributed by atoms with van der Waals surface area (Å²) in [5.74, 6) is 1.94. The number of nitrogens with one attached hydrogen (secondary N) is 4. The van der Waals surface area contributed by atoms with Crippen LogP contribution in [0.15, 0.2) is 89.2 Å². The fourth-order valence-corrected chi connectivity index (χ4v) is 4.51. The topological polar surface area (TPSA) is 129 Å². The van der Waals surface area contributed by atoms with Gasteiger partial charge in [0.15, 0.2) is 18.8 Å². The molecule has 5 rings (SSSR count). The van der Waals surface area contributed by atoms with E-state index in [2.05, 4.69) is 37.8 Å². The van der Waals surface area contributed by atoms with Gasteiger partial charge in [-0.15, -0.1) is 11.8 Å². The molecule has 0 fully saturated rings. The van der Waals surface area contributed by atoms with Gasteiger partial charge < -0.3 is 30.7 Å². The Morgan fingerprint density at radius 3 is 2.77 bits per heavy atom. The molecular weight excluding hydrogens is 530 g/mol. The van der Waals surface area contributed by atoms with Crippen molar-refractivity contribution in [2.24, 2.45) is 4.99 Å². The van der Waals surface area contributed by atoms with Gasteiger partial charge in [0, 0.05) is 31.2 Å². The first-order chi connectivity index (χ1) is 19.5. The first kappa shape index (κ1) is 26.6. The van der Waals surface area contributed by atoms with E-state index in [0.717, 1.165) is 22.1 Å². The lowest BCUT2D eigenvalue weighted by atomic mass is 10.2. The van der Waals surface area contributed by atoms with E-state index in [4.69, 9.17) is 9.47 Å². The quantitative estimate of drug-likeness (QED) is 0.287. The highest BCUT2D eigenvalue weighted by Crippen LogP contribution is 2.41. The van der Waals surface area contributed by atoms with Crippen LogP contribution in [0.3, 0.4) is 0 Å². The molecule has 0 saturated heterocycles. The van der Waals surface area contributed by atoms with Gasteiger partial charge in [-0.05, 0) is 54.8 Å². The van der Waals surface area contributed by atoms with Crippen LogP contribution in [-0.4, -0.2) is 49.3 Å². The number of pyridine rings is 1. The van der Waals surface area contributed by atoms with E-state index in [0.29, 0.717) is 22.9 Å². The Morgan fingerprint density at radius 2 is 2.02 bits per heavy atom. The van der Waals surface area contributed by atoms with Crippen LogP contribution < -0.4 is 35.6 Å². The SMILES string of the molecule is C=CC(=O)N1COc2c(NC3=C(SC)C=NC(Nc4ccc(Oc5ccnc(C(=O)NC)c5)cc4)N3)cccc21. The second-order valence-electron chi connectivity index (χ2n) is 8.52. The van der Waals surface area contributed by atoms with Crippen LogP contribution in [-0.2, 0) is 4.79 Å². The maximum Gasteiger partial charge on any atom is 0.269 e. The number of allylic oxidation sites excluding steroid dienone is 1. The van der Waals surface area contributed by atoms with Crippen LogP contribution in [0.5, 0.6) is 17.2 Å². The molecule has 0 aliphatic carbocycles. The number of anilines is 3. The minimum atomic E-state index is -0.447. The van der Waals surface area contributed by atoms with Crippen LogP contribution in [0.4, 0.5) is 17.1 Å². The highest BCUT2D eigenvalue weighted by Gasteiger charge is 2.28. The van der Waals surface area contributed by atoms with Crippen LogP contribution in [0, 0.1) is 0 Å². The van der Waals surface area contributed by atoms with Crippen molar-refractivity contribution in [1.29, 1.82) is 0 Å². The van der Waals surface area contributed by atoms with Gasteiger partial charge in [0.05, 0.1) is 16.3 Å². The van der Waals surface area contributed by atoms with Crippen molar-refractivity contribution in [3.63, 3.8) is 0 Å². The van der Waals surface area contributed by atoms with Gasteiger partial charge in [-0.2, -0.15) is 0 Å². The number of carbonyl (C=O) groups excluding carboxylic acids is 2. The molecule has 2 aliphatic heterocycles. The van der Waals surface area contributed by atoms with E-state index in [1.54, 1.807) is 37.2 Å². The smallest absolute Gasteiger partial charge is 0.269 e. The average Bonchev–Trinajstić information content (AvgIpc) is 3.43. The molecule has 204 valence electrons. The number of hydrogen-bond acceptors (Lipinski definition) is 10. The van der Waals surface area contributed by atoms with E-state index < -0.39 is 6.29 Å². The Morgan fingerprint density at radius 1 is 1.20 bits per heavy atom. The Kier molecular flexibility index (Phi) is 7.87. The molecule has 1 aromatic heterocycles. The Hall–Kier alpha value is -4.97. The predicted molar refractivity (Wildman–Crippen MR) is 157 cm³/mol. The number of para-hydroxylation sites is 1. The minimum absolute atomic E-state index is 0.127. The molecule has 2 amide bonds. The number of rotatable bonds is 9. The highest BCUT2D eigenvalue weighted by molar-refractivity contribution is 8.03. The lowest BCUT2D eigenvalue weighted by molar-refractivity contribution is -0.114. The number of hydrogen-bond donors (Lipinski definition) is 4. The zero-order valence-electron chi connectivity index (χ0n) is 21.8. The zero-order chi connectivity index (χ0) is 28.1. The number of nitrogens with zero attached hydrogens (tertiary/aromatic N) is 3. The number of ether oxygens (including phenoxy) is 2. The van der Waals surface area contributed by atoms with E-state index in [-0.39, 0.29) is 24.2 Å². The Balaban J connectivity index is 1.25. The van der Waals surface area contributed by atoms with E-state index in [1.807, 2.05) is 48.7 Å². The number of carbonyl (C=O) groups is 2. The largest absolute Gasteiger partial charge is 0.468 e. The van der Waals surface area contributed by atoms with E-state index >= 15 is 0 Å². The molecule has 1 unspecified atom stereocenters. The predicted octanol–water partition coefficient (Wildman–Crippen LogP) is 4.12. The number of benzene rings is 2. The summed E-state index contributed by atoms with van der Waals surface area (Å²) in [6.45, 7) is 3.69. The minimum Gasteiger partial charge on any atom is -0.468 e. The second-order valence-corrected chi connectivity index (χ2v) is 9.37. The monoisotopic (exact) mass is 557 g/mol. The first-order valence-electron chi connectivity index (χ1n) is 12.3. The molecule has 3 heterocycles. The molecule has 40 heavy (non-hydrogen) atoms. The van der Waals surface area contributed by atoms with Gasteiger partial charge in [0.25, 0.3) is 11.8 Å². The fourth-order valence-electron chi connectivity index (χ4n) is 4.03. The molecule has 12 heteroatoms. The molecule has 4 N–H and O–H groups in total. The summed E-state index contributed by atoms with van der Waals surface area (Å²) < 4.78 is 11.7. The van der Waals surface area contributed by atoms with Crippen molar-refractivity contribution < 1.29 is 19.1 Å². The van der Waals surface area contributed by atoms with Crippen molar-refractivity contribution in [2.45, 2.75) is 6.29 Å². The summed E-state index contributed by atoms with van der Waals surface area (Å²) >= 11 is 1.54. The molecule has 3 aromatic rings. The third-order valence-corrected chi connectivity index (χ3v) is 6.75. The van der Waals surface area contributed by atoms with Crippen LogP contribution >= 0.6 is 11.8 Å². The van der Waals surface area contributed by atoms with Gasteiger partial charge >= 0.3 is 0 Å². The number of thioether (sulfide) groups is 1. The molecule has 0 spiro atoms. The molecule has 1 atom stereocenters. The Labute approximate surface area is 235 Å². The summed E-state index contributed by atoms with van der Waals surface area (Å²) in [5.41, 5.74) is 2.49. The number of aliphatic imine (C=N–C) groups is 1. The van der Waals surface area contributed by atoms with Crippen molar-refractivity contribution >= 4 is 46.9 Å². The summed E-state index contributed by atoms with van der Waals surface area (Å²) in [7, 11) is 1.55. The average molecular weight is 558 g/mol. The molecule has 0 bridgehead atoms. The fraction of sp³-hybridized carbons (Fsp3) is 0.143. The van der Waals surface area contributed by atoms with Gasteiger partial charge in [-0.1, -0.05) is 12.6 Å². The summed E-state index contributed by atoms with van der Waals surface area (Å²) in [5, 5.41) is 12.7.